The largest absolute Gasteiger partial charge is 0.507 e. The third-order valence-electron chi connectivity index (χ3n) is 6.19. The van der Waals surface area contributed by atoms with Crippen LogP contribution in [0.4, 0.5) is 0 Å². The van der Waals surface area contributed by atoms with E-state index < -0.39 is 5.97 Å². The first-order valence-electron chi connectivity index (χ1n) is 11.5. The van der Waals surface area contributed by atoms with Crippen LogP contribution in [0.5, 0.6) is 5.75 Å². The van der Waals surface area contributed by atoms with Crippen LogP contribution >= 0.6 is 11.6 Å². The summed E-state index contributed by atoms with van der Waals surface area (Å²) in [5.74, 6) is -0.716. The van der Waals surface area contributed by atoms with Crippen molar-refractivity contribution in [1.29, 1.82) is 0 Å². The molecule has 36 heavy (non-hydrogen) atoms. The minimum Gasteiger partial charge on any atom is -0.507 e. The molecule has 0 fully saturated rings. The number of H-pyrrole nitrogens is 1. The van der Waals surface area contributed by atoms with Gasteiger partial charge < -0.3 is 15.2 Å². The fourth-order valence-electron chi connectivity index (χ4n) is 4.37. The van der Waals surface area contributed by atoms with Crippen LogP contribution in [0.3, 0.4) is 0 Å². The standard InChI is InChI=1S/C30H22ClNO4/c31-26-17-27-22(14-24(26)21-10-11-23(28(33)16-21)19-6-2-1-3-7-19)15-25(30(36)32-27)20-8-4-5-18(13-20)9-12-29(34)35/h1-8,10-11,13-17,33H,9,12H2,(H,32,36)(H,34,35). The Labute approximate surface area is 212 Å². The Bertz CT molecular complexity index is 1660. The number of aryl methyl sites for hydroxylation is 1. The van der Waals surface area contributed by atoms with Crippen LogP contribution in [0.15, 0.2) is 95.8 Å². The molecule has 0 saturated heterocycles. The Morgan fingerprint density at radius 1 is 0.778 bits per heavy atom. The van der Waals surface area contributed by atoms with Gasteiger partial charge in [0.1, 0.15) is 5.75 Å². The SMILES string of the molecule is O=C(O)CCc1cccc(-c2cc3cc(-c4ccc(-c5ccccc5)c(O)c4)c(Cl)cc3[nH]c2=O)c1. The molecule has 4 aromatic carbocycles. The van der Waals surface area contributed by atoms with E-state index in [0.29, 0.717) is 28.1 Å². The lowest BCUT2D eigenvalue weighted by molar-refractivity contribution is -0.136. The van der Waals surface area contributed by atoms with Crippen molar-refractivity contribution >= 4 is 28.5 Å². The summed E-state index contributed by atoms with van der Waals surface area (Å²) in [6.45, 7) is 0. The van der Waals surface area contributed by atoms with Crippen LogP contribution in [0.2, 0.25) is 5.02 Å². The molecule has 1 heterocycles. The van der Waals surface area contributed by atoms with Crippen LogP contribution in [0.1, 0.15) is 12.0 Å². The number of phenolic OH excluding ortho intramolecular Hbond substituents is 1. The summed E-state index contributed by atoms with van der Waals surface area (Å²) in [4.78, 5) is 26.7. The van der Waals surface area contributed by atoms with Gasteiger partial charge >= 0.3 is 5.97 Å². The van der Waals surface area contributed by atoms with Crippen molar-refractivity contribution in [1.82, 2.24) is 4.98 Å². The van der Waals surface area contributed by atoms with E-state index in [0.717, 1.165) is 33.2 Å². The van der Waals surface area contributed by atoms with Gasteiger partial charge in [-0.05, 0) is 58.3 Å². The van der Waals surface area contributed by atoms with E-state index in [1.165, 1.54) is 0 Å². The Kier molecular flexibility index (Phi) is 6.32. The van der Waals surface area contributed by atoms with Crippen LogP contribution in [0.25, 0.3) is 44.3 Å². The van der Waals surface area contributed by atoms with Crippen molar-refractivity contribution in [3.8, 4) is 39.1 Å². The fraction of sp³-hybridized carbons (Fsp3) is 0.0667. The number of hydrogen-bond donors (Lipinski definition) is 3. The number of hydrogen-bond acceptors (Lipinski definition) is 3. The lowest BCUT2D eigenvalue weighted by Gasteiger charge is -2.11. The Morgan fingerprint density at radius 3 is 2.25 bits per heavy atom. The number of halogens is 1. The second-order valence-electron chi connectivity index (χ2n) is 8.62. The van der Waals surface area contributed by atoms with Gasteiger partial charge in [-0.3, -0.25) is 9.59 Å². The average molecular weight is 496 g/mol. The van der Waals surface area contributed by atoms with Crippen molar-refractivity contribution in [2.24, 2.45) is 0 Å². The quantitative estimate of drug-likeness (QED) is 0.239. The van der Waals surface area contributed by atoms with Crippen LogP contribution < -0.4 is 5.56 Å². The molecule has 178 valence electrons. The summed E-state index contributed by atoms with van der Waals surface area (Å²) < 4.78 is 0. The summed E-state index contributed by atoms with van der Waals surface area (Å²) in [5, 5.41) is 20.9. The molecule has 5 rings (SSSR count). The molecule has 5 aromatic rings. The molecule has 0 amide bonds. The molecule has 0 atom stereocenters. The molecule has 1 aromatic heterocycles. The lowest BCUT2D eigenvalue weighted by Crippen LogP contribution is -2.09. The van der Waals surface area contributed by atoms with Gasteiger partial charge in [-0.15, -0.1) is 0 Å². The first-order valence-corrected chi connectivity index (χ1v) is 11.8. The molecule has 6 heteroatoms. The predicted octanol–water partition coefficient (Wildman–Crippen LogP) is 6.91. The first-order chi connectivity index (χ1) is 17.4. The minimum atomic E-state index is -0.865. The van der Waals surface area contributed by atoms with Crippen molar-refractivity contribution in [2.45, 2.75) is 12.8 Å². The van der Waals surface area contributed by atoms with E-state index in [4.69, 9.17) is 16.7 Å². The van der Waals surface area contributed by atoms with Crippen molar-refractivity contribution in [2.75, 3.05) is 0 Å². The molecule has 0 aliphatic heterocycles. The topological polar surface area (TPSA) is 90.4 Å². The monoisotopic (exact) mass is 495 g/mol. The average Bonchev–Trinajstić information content (AvgIpc) is 2.87. The van der Waals surface area contributed by atoms with E-state index in [-0.39, 0.29) is 17.7 Å². The van der Waals surface area contributed by atoms with Gasteiger partial charge in [-0.25, -0.2) is 0 Å². The number of aromatic nitrogens is 1. The zero-order valence-electron chi connectivity index (χ0n) is 19.2. The predicted molar refractivity (Wildman–Crippen MR) is 144 cm³/mol. The van der Waals surface area contributed by atoms with Gasteiger partial charge in [0.25, 0.3) is 5.56 Å². The smallest absolute Gasteiger partial charge is 0.303 e. The van der Waals surface area contributed by atoms with E-state index in [1.54, 1.807) is 12.1 Å². The number of aromatic hydroxyl groups is 1. The molecule has 0 aliphatic carbocycles. The Balaban J connectivity index is 1.56. The number of fused-ring (bicyclic) bond motifs is 1. The van der Waals surface area contributed by atoms with E-state index in [1.807, 2.05) is 78.9 Å². The number of rotatable bonds is 6. The summed E-state index contributed by atoms with van der Waals surface area (Å²) in [7, 11) is 0. The van der Waals surface area contributed by atoms with Crippen LogP contribution in [0, 0.1) is 0 Å². The van der Waals surface area contributed by atoms with Gasteiger partial charge in [-0.2, -0.15) is 0 Å². The Morgan fingerprint density at radius 2 is 1.50 bits per heavy atom. The van der Waals surface area contributed by atoms with Crippen molar-refractivity contribution in [3.05, 3.63) is 112 Å². The highest BCUT2D eigenvalue weighted by Gasteiger charge is 2.13. The van der Waals surface area contributed by atoms with Gasteiger partial charge in [-0.1, -0.05) is 78.3 Å². The molecule has 5 nitrogen and oxygen atoms in total. The first kappa shape index (κ1) is 23.4. The van der Waals surface area contributed by atoms with E-state index in [9.17, 15) is 14.7 Å². The van der Waals surface area contributed by atoms with Gasteiger partial charge in [0.05, 0.1) is 5.02 Å². The van der Waals surface area contributed by atoms with Gasteiger partial charge in [0.15, 0.2) is 0 Å². The fourth-order valence-corrected chi connectivity index (χ4v) is 4.64. The minimum absolute atomic E-state index is 0.0231. The second kappa shape index (κ2) is 9.72. The zero-order valence-corrected chi connectivity index (χ0v) is 19.9. The van der Waals surface area contributed by atoms with Crippen LogP contribution in [-0.2, 0) is 11.2 Å². The molecular weight excluding hydrogens is 474 g/mol. The number of carbonyl (C=O) groups is 1. The number of phenols is 1. The van der Waals surface area contributed by atoms with Gasteiger partial charge in [0, 0.05) is 28.6 Å². The molecule has 0 saturated carbocycles. The Hall–Kier alpha value is -4.35. The molecule has 0 spiro atoms. The summed E-state index contributed by atoms with van der Waals surface area (Å²) in [5.41, 5.74) is 5.51. The van der Waals surface area contributed by atoms with Crippen molar-refractivity contribution in [3.63, 3.8) is 0 Å². The molecule has 0 unspecified atom stereocenters. The number of aromatic amines is 1. The van der Waals surface area contributed by atoms with E-state index >= 15 is 0 Å². The maximum Gasteiger partial charge on any atom is 0.303 e. The third kappa shape index (κ3) is 4.74. The summed E-state index contributed by atoms with van der Waals surface area (Å²) in [6.07, 6.45) is 0.409. The van der Waals surface area contributed by atoms with Crippen molar-refractivity contribution < 1.29 is 15.0 Å². The molecular formula is C30H22ClNO4. The number of aliphatic carboxylic acids is 1. The third-order valence-corrected chi connectivity index (χ3v) is 6.50. The van der Waals surface area contributed by atoms with Crippen LogP contribution in [-0.4, -0.2) is 21.2 Å². The molecule has 0 bridgehead atoms. The summed E-state index contributed by atoms with van der Waals surface area (Å²) >= 11 is 6.59. The number of nitrogens with one attached hydrogen (secondary N) is 1. The highest BCUT2D eigenvalue weighted by molar-refractivity contribution is 6.34. The number of pyridine rings is 1. The lowest BCUT2D eigenvalue weighted by atomic mass is 9.97. The maximum atomic E-state index is 12.9. The van der Waals surface area contributed by atoms with Gasteiger partial charge in [0.2, 0.25) is 0 Å². The number of carboxylic acids is 1. The number of carboxylic acid groups (broad SMARTS) is 1. The number of benzene rings is 4. The van der Waals surface area contributed by atoms with E-state index in [2.05, 4.69) is 4.98 Å². The molecule has 0 radical (unpaired) electrons. The zero-order chi connectivity index (χ0) is 25.2. The second-order valence-corrected chi connectivity index (χ2v) is 9.03. The highest BCUT2D eigenvalue weighted by atomic mass is 35.5. The molecule has 0 aliphatic rings. The normalized spacial score (nSPS) is 11.0. The highest BCUT2D eigenvalue weighted by Crippen LogP contribution is 2.37. The maximum absolute atomic E-state index is 12.9. The summed E-state index contributed by atoms with van der Waals surface area (Å²) in [6, 6.07) is 27.9. The molecule has 3 N–H and O–H groups in total.